The van der Waals surface area contributed by atoms with Gasteiger partial charge in [-0.1, -0.05) is 6.07 Å². The smallest absolute Gasteiger partial charge is 0.258 e. The second-order valence-corrected chi connectivity index (χ2v) is 6.83. The molecule has 4 nitrogen and oxygen atoms in total. The number of amides is 1. The number of carbonyl (C=O) groups excluding carboxylic acids is 1. The molecule has 1 heterocycles. The Bertz CT molecular complexity index is 761. The van der Waals surface area contributed by atoms with Gasteiger partial charge in [-0.25, -0.2) is 0 Å². The Hall–Kier alpha value is -2.01. The van der Waals surface area contributed by atoms with Gasteiger partial charge in [0, 0.05) is 18.2 Å². The number of phenolic OH excluding ortho intramolecular Hbond substituents is 1. The van der Waals surface area contributed by atoms with Crippen molar-refractivity contribution in [3.05, 3.63) is 52.0 Å². The van der Waals surface area contributed by atoms with E-state index in [0.717, 1.165) is 23.4 Å². The molecule has 23 heavy (non-hydrogen) atoms. The third kappa shape index (κ3) is 3.20. The number of hydrogen-bond acceptors (Lipinski definition) is 3. The molecule has 1 amide bonds. The summed E-state index contributed by atoms with van der Waals surface area (Å²) in [5.74, 6) is -0.0323. The number of aromatic hydroxyl groups is 1. The summed E-state index contributed by atoms with van der Waals surface area (Å²) in [7, 11) is 0. The van der Waals surface area contributed by atoms with E-state index in [1.54, 1.807) is 17.0 Å². The molecular weight excluding hydrogens is 356 g/mol. The third-order valence-electron chi connectivity index (χ3n) is 4.07. The first-order valence-corrected chi connectivity index (χ1v) is 8.42. The number of benzene rings is 2. The van der Waals surface area contributed by atoms with Crippen LogP contribution in [0.4, 0.5) is 11.4 Å². The van der Waals surface area contributed by atoms with Crippen molar-refractivity contribution in [3.63, 3.8) is 0 Å². The fourth-order valence-electron chi connectivity index (χ4n) is 2.79. The molecule has 0 saturated carbocycles. The van der Waals surface area contributed by atoms with Gasteiger partial charge >= 0.3 is 0 Å². The van der Waals surface area contributed by atoms with Crippen LogP contribution in [0.15, 0.2) is 40.9 Å². The summed E-state index contributed by atoms with van der Waals surface area (Å²) in [5, 5.41) is 13.3. The SMILES string of the molecule is Cc1ccc2c(c1)NC(C)CCN2C(=O)c1ccc(Br)c(O)c1. The zero-order valence-corrected chi connectivity index (χ0v) is 14.7. The summed E-state index contributed by atoms with van der Waals surface area (Å²) < 4.78 is 0.580. The van der Waals surface area contributed by atoms with Gasteiger partial charge in [-0.3, -0.25) is 4.79 Å². The summed E-state index contributed by atoms with van der Waals surface area (Å²) >= 11 is 3.24. The zero-order valence-electron chi connectivity index (χ0n) is 13.1. The van der Waals surface area contributed by atoms with Crippen molar-refractivity contribution in [1.82, 2.24) is 0 Å². The number of halogens is 1. The molecule has 0 radical (unpaired) electrons. The van der Waals surface area contributed by atoms with Gasteiger partial charge in [0.05, 0.1) is 15.8 Å². The Labute approximate surface area is 144 Å². The van der Waals surface area contributed by atoms with Crippen LogP contribution >= 0.6 is 15.9 Å². The average Bonchev–Trinajstić information content (AvgIpc) is 2.67. The molecule has 3 rings (SSSR count). The van der Waals surface area contributed by atoms with Crippen molar-refractivity contribution in [2.24, 2.45) is 0 Å². The number of anilines is 2. The van der Waals surface area contributed by atoms with E-state index in [1.165, 1.54) is 6.07 Å². The van der Waals surface area contributed by atoms with Crippen molar-refractivity contribution < 1.29 is 9.90 Å². The van der Waals surface area contributed by atoms with Crippen molar-refractivity contribution in [1.29, 1.82) is 0 Å². The van der Waals surface area contributed by atoms with Gasteiger partial charge < -0.3 is 15.3 Å². The minimum absolute atomic E-state index is 0.0706. The Morgan fingerprint density at radius 2 is 2.09 bits per heavy atom. The molecular formula is C18H19BrN2O2. The highest BCUT2D eigenvalue weighted by atomic mass is 79.9. The molecule has 120 valence electrons. The van der Waals surface area contributed by atoms with Crippen LogP contribution in [-0.4, -0.2) is 23.6 Å². The van der Waals surface area contributed by atoms with Crippen molar-refractivity contribution in [2.75, 3.05) is 16.8 Å². The van der Waals surface area contributed by atoms with Gasteiger partial charge in [0.1, 0.15) is 5.75 Å². The number of phenols is 1. The fraction of sp³-hybridized carbons (Fsp3) is 0.278. The molecule has 1 aliphatic heterocycles. The number of hydrogen-bond donors (Lipinski definition) is 2. The van der Waals surface area contributed by atoms with E-state index in [4.69, 9.17) is 0 Å². The molecule has 0 bridgehead atoms. The Morgan fingerprint density at radius 3 is 2.83 bits per heavy atom. The molecule has 2 aromatic carbocycles. The number of nitrogens with one attached hydrogen (secondary N) is 1. The van der Waals surface area contributed by atoms with Crippen molar-refractivity contribution in [3.8, 4) is 5.75 Å². The average molecular weight is 375 g/mol. The van der Waals surface area contributed by atoms with Crippen LogP contribution in [0.1, 0.15) is 29.3 Å². The maximum Gasteiger partial charge on any atom is 0.258 e. The molecule has 5 heteroatoms. The van der Waals surface area contributed by atoms with Gasteiger partial charge in [0.15, 0.2) is 0 Å². The number of rotatable bonds is 1. The van der Waals surface area contributed by atoms with Crippen molar-refractivity contribution in [2.45, 2.75) is 26.3 Å². The molecule has 1 atom stereocenters. The van der Waals surface area contributed by atoms with Crippen LogP contribution in [0.25, 0.3) is 0 Å². The van der Waals surface area contributed by atoms with E-state index in [2.05, 4.69) is 34.2 Å². The van der Waals surface area contributed by atoms with Crippen LogP contribution in [-0.2, 0) is 0 Å². The quantitative estimate of drug-likeness (QED) is 0.781. The second kappa shape index (κ2) is 6.24. The minimum Gasteiger partial charge on any atom is -0.507 e. The van der Waals surface area contributed by atoms with E-state index in [-0.39, 0.29) is 11.7 Å². The number of nitrogens with zero attached hydrogens (tertiary/aromatic N) is 1. The molecule has 0 fully saturated rings. The van der Waals surface area contributed by atoms with E-state index >= 15 is 0 Å². The van der Waals surface area contributed by atoms with Crippen molar-refractivity contribution >= 4 is 33.2 Å². The number of fused-ring (bicyclic) bond motifs is 1. The maximum atomic E-state index is 12.9. The lowest BCUT2D eigenvalue weighted by Crippen LogP contribution is -2.32. The van der Waals surface area contributed by atoms with Gasteiger partial charge in [0.2, 0.25) is 0 Å². The van der Waals surface area contributed by atoms with Crippen LogP contribution in [0, 0.1) is 6.92 Å². The first-order chi connectivity index (χ1) is 11.0. The lowest BCUT2D eigenvalue weighted by Gasteiger charge is -2.23. The molecule has 0 spiro atoms. The summed E-state index contributed by atoms with van der Waals surface area (Å²) in [4.78, 5) is 14.7. The topological polar surface area (TPSA) is 52.6 Å². The minimum atomic E-state index is -0.103. The first kappa shape index (κ1) is 15.9. The molecule has 2 aromatic rings. The highest BCUT2D eigenvalue weighted by molar-refractivity contribution is 9.10. The first-order valence-electron chi connectivity index (χ1n) is 7.63. The summed E-state index contributed by atoms with van der Waals surface area (Å²) in [6.07, 6.45) is 0.863. The van der Waals surface area contributed by atoms with E-state index in [1.807, 2.05) is 19.1 Å². The van der Waals surface area contributed by atoms with Gasteiger partial charge in [0.25, 0.3) is 5.91 Å². The highest BCUT2D eigenvalue weighted by Crippen LogP contribution is 2.33. The molecule has 2 N–H and O–H groups in total. The summed E-state index contributed by atoms with van der Waals surface area (Å²) in [6, 6.07) is 11.3. The number of aryl methyl sites for hydroxylation is 1. The summed E-state index contributed by atoms with van der Waals surface area (Å²) in [6.45, 7) is 4.79. The van der Waals surface area contributed by atoms with Gasteiger partial charge in [-0.15, -0.1) is 0 Å². The lowest BCUT2D eigenvalue weighted by molar-refractivity contribution is 0.0986. The Balaban J connectivity index is 2.01. The lowest BCUT2D eigenvalue weighted by atomic mass is 10.1. The molecule has 0 saturated heterocycles. The molecule has 1 unspecified atom stereocenters. The van der Waals surface area contributed by atoms with Crippen LogP contribution < -0.4 is 10.2 Å². The third-order valence-corrected chi connectivity index (χ3v) is 4.74. The predicted octanol–water partition coefficient (Wildman–Crippen LogP) is 4.31. The largest absolute Gasteiger partial charge is 0.507 e. The maximum absolute atomic E-state index is 12.9. The monoisotopic (exact) mass is 374 g/mol. The van der Waals surface area contributed by atoms with E-state index in [9.17, 15) is 9.90 Å². The highest BCUT2D eigenvalue weighted by Gasteiger charge is 2.24. The van der Waals surface area contributed by atoms with Crippen LogP contribution in [0.5, 0.6) is 5.75 Å². The predicted molar refractivity (Wildman–Crippen MR) is 96.4 cm³/mol. The fourth-order valence-corrected chi connectivity index (χ4v) is 3.04. The van der Waals surface area contributed by atoms with Crippen LogP contribution in [0.3, 0.4) is 0 Å². The zero-order chi connectivity index (χ0) is 16.6. The van der Waals surface area contributed by atoms with Crippen LogP contribution in [0.2, 0.25) is 0 Å². The molecule has 1 aliphatic rings. The number of carbonyl (C=O) groups is 1. The van der Waals surface area contributed by atoms with Gasteiger partial charge in [-0.2, -0.15) is 0 Å². The normalized spacial score (nSPS) is 17.2. The molecule has 0 aromatic heterocycles. The standard InChI is InChI=1S/C18H19BrN2O2/c1-11-3-6-16-15(9-11)20-12(2)7-8-21(16)18(23)13-4-5-14(19)17(22)10-13/h3-6,9-10,12,20,22H,7-8H2,1-2H3. The second-order valence-electron chi connectivity index (χ2n) is 5.98. The van der Waals surface area contributed by atoms with E-state index < -0.39 is 0 Å². The van der Waals surface area contributed by atoms with E-state index in [0.29, 0.717) is 22.6 Å². The Kier molecular flexibility index (Phi) is 4.31. The summed E-state index contributed by atoms with van der Waals surface area (Å²) in [5.41, 5.74) is 3.49. The van der Waals surface area contributed by atoms with Gasteiger partial charge in [-0.05, 0) is 72.1 Å². The molecule has 0 aliphatic carbocycles. The Morgan fingerprint density at radius 1 is 1.30 bits per heavy atom.